The summed E-state index contributed by atoms with van der Waals surface area (Å²) in [6, 6.07) is 16.4. The molecule has 0 saturated carbocycles. The van der Waals surface area contributed by atoms with Gasteiger partial charge in [-0.05, 0) is 18.1 Å². The zero-order valence-electron chi connectivity index (χ0n) is 14.7. The minimum atomic E-state index is -3.52. The monoisotopic (exact) mass is 370 g/mol. The number of para-hydroxylation sites is 1. The molecule has 1 N–H and O–H groups in total. The first-order chi connectivity index (χ1) is 12.5. The summed E-state index contributed by atoms with van der Waals surface area (Å²) < 4.78 is 27.7. The first-order valence-corrected chi connectivity index (χ1v) is 10.3. The summed E-state index contributed by atoms with van der Waals surface area (Å²) in [5.74, 6) is -0.191. The van der Waals surface area contributed by atoms with Gasteiger partial charge in [-0.1, -0.05) is 55.5 Å². The number of hydrogen-bond acceptors (Lipinski definition) is 3. The van der Waals surface area contributed by atoms with E-state index >= 15 is 0 Å². The summed E-state index contributed by atoms with van der Waals surface area (Å²) in [5, 5.41) is 3.47. The van der Waals surface area contributed by atoms with Crippen LogP contribution in [0.5, 0.6) is 0 Å². The van der Waals surface area contributed by atoms with E-state index in [0.29, 0.717) is 11.9 Å². The number of carbonyl (C=O) groups is 1. The van der Waals surface area contributed by atoms with Crippen LogP contribution in [-0.4, -0.2) is 25.4 Å². The molecule has 1 aromatic heterocycles. The number of sulfone groups is 1. The van der Waals surface area contributed by atoms with Crippen molar-refractivity contribution in [2.75, 3.05) is 6.54 Å². The van der Waals surface area contributed by atoms with Gasteiger partial charge in [-0.3, -0.25) is 4.79 Å². The molecule has 2 aromatic carbocycles. The lowest BCUT2D eigenvalue weighted by molar-refractivity contribution is -0.121. The van der Waals surface area contributed by atoms with Gasteiger partial charge in [0.2, 0.25) is 5.91 Å². The maximum Gasteiger partial charge on any atom is 0.239 e. The van der Waals surface area contributed by atoms with Gasteiger partial charge in [0.05, 0.1) is 10.6 Å². The Bertz CT molecular complexity index is 1010. The van der Waals surface area contributed by atoms with Crippen LogP contribution in [0.1, 0.15) is 18.9 Å². The predicted molar refractivity (Wildman–Crippen MR) is 103 cm³/mol. The lowest BCUT2D eigenvalue weighted by Gasteiger charge is -2.06. The second kappa shape index (κ2) is 7.74. The Morgan fingerprint density at radius 2 is 1.73 bits per heavy atom. The molecule has 3 aromatic rings. The largest absolute Gasteiger partial charge is 0.355 e. The SMILES string of the molecule is CCCNC(=O)Cn1cc(S(=O)(=O)Cc2ccccc2)c2ccccc21. The van der Waals surface area contributed by atoms with Crippen molar-refractivity contribution in [3.63, 3.8) is 0 Å². The summed E-state index contributed by atoms with van der Waals surface area (Å²) in [6.07, 6.45) is 2.43. The van der Waals surface area contributed by atoms with Gasteiger partial charge in [-0.25, -0.2) is 8.42 Å². The molecule has 0 bridgehead atoms. The molecule has 0 spiro atoms. The highest BCUT2D eigenvalue weighted by atomic mass is 32.2. The molecule has 6 heteroatoms. The third-order valence-corrected chi connectivity index (χ3v) is 5.88. The quantitative estimate of drug-likeness (QED) is 0.695. The first-order valence-electron chi connectivity index (χ1n) is 8.62. The number of rotatable bonds is 7. The molecule has 1 amide bonds. The lowest BCUT2D eigenvalue weighted by Crippen LogP contribution is -2.27. The molecular weight excluding hydrogens is 348 g/mol. The fourth-order valence-corrected chi connectivity index (χ4v) is 4.52. The third-order valence-electron chi connectivity index (χ3n) is 4.17. The highest BCUT2D eigenvalue weighted by Crippen LogP contribution is 2.28. The zero-order valence-corrected chi connectivity index (χ0v) is 15.5. The van der Waals surface area contributed by atoms with Crippen LogP contribution in [0.2, 0.25) is 0 Å². The van der Waals surface area contributed by atoms with E-state index in [9.17, 15) is 13.2 Å². The molecule has 0 unspecified atom stereocenters. The molecule has 0 fully saturated rings. The third kappa shape index (κ3) is 3.96. The molecule has 0 radical (unpaired) electrons. The van der Waals surface area contributed by atoms with Crippen LogP contribution in [0.4, 0.5) is 0 Å². The van der Waals surface area contributed by atoms with Crippen LogP contribution >= 0.6 is 0 Å². The summed E-state index contributed by atoms with van der Waals surface area (Å²) in [7, 11) is -3.52. The van der Waals surface area contributed by atoms with Gasteiger partial charge in [0, 0.05) is 23.6 Å². The predicted octanol–water partition coefficient (Wildman–Crippen LogP) is 3.14. The van der Waals surface area contributed by atoms with Gasteiger partial charge in [0.25, 0.3) is 0 Å². The van der Waals surface area contributed by atoms with E-state index in [1.807, 2.05) is 43.3 Å². The molecule has 0 atom stereocenters. The van der Waals surface area contributed by atoms with Crippen molar-refractivity contribution in [1.82, 2.24) is 9.88 Å². The van der Waals surface area contributed by atoms with Crippen molar-refractivity contribution < 1.29 is 13.2 Å². The van der Waals surface area contributed by atoms with E-state index in [4.69, 9.17) is 0 Å². The van der Waals surface area contributed by atoms with Gasteiger partial charge in [0.15, 0.2) is 9.84 Å². The molecule has 26 heavy (non-hydrogen) atoms. The maximum absolute atomic E-state index is 13.0. The number of benzene rings is 2. The van der Waals surface area contributed by atoms with Crippen LogP contribution < -0.4 is 5.32 Å². The van der Waals surface area contributed by atoms with Gasteiger partial charge in [-0.15, -0.1) is 0 Å². The Hall–Kier alpha value is -2.60. The molecule has 3 rings (SSSR count). The summed E-state index contributed by atoms with van der Waals surface area (Å²) in [5.41, 5.74) is 1.48. The fraction of sp³-hybridized carbons (Fsp3) is 0.250. The van der Waals surface area contributed by atoms with Crippen molar-refractivity contribution >= 4 is 26.6 Å². The molecule has 0 aliphatic heterocycles. The zero-order chi connectivity index (χ0) is 18.6. The van der Waals surface area contributed by atoms with E-state index in [2.05, 4.69) is 5.32 Å². The van der Waals surface area contributed by atoms with Crippen molar-refractivity contribution in [3.8, 4) is 0 Å². The Kier molecular flexibility index (Phi) is 5.42. The number of nitrogens with one attached hydrogen (secondary N) is 1. The van der Waals surface area contributed by atoms with E-state index in [-0.39, 0.29) is 23.1 Å². The first kappa shape index (κ1) is 18.2. The highest BCUT2D eigenvalue weighted by molar-refractivity contribution is 7.90. The minimum Gasteiger partial charge on any atom is -0.355 e. The molecule has 1 heterocycles. The summed E-state index contributed by atoms with van der Waals surface area (Å²) in [4.78, 5) is 12.3. The highest BCUT2D eigenvalue weighted by Gasteiger charge is 2.22. The van der Waals surface area contributed by atoms with Crippen molar-refractivity contribution in [2.45, 2.75) is 30.5 Å². The van der Waals surface area contributed by atoms with Crippen LogP contribution in [0.25, 0.3) is 10.9 Å². The summed E-state index contributed by atoms with van der Waals surface area (Å²) in [6.45, 7) is 2.69. The second-order valence-electron chi connectivity index (χ2n) is 6.23. The van der Waals surface area contributed by atoms with Crippen LogP contribution in [0, 0.1) is 0 Å². The molecule has 136 valence electrons. The number of hydrogen-bond donors (Lipinski definition) is 1. The molecule has 0 saturated heterocycles. The van der Waals surface area contributed by atoms with Gasteiger partial charge in [-0.2, -0.15) is 0 Å². The average molecular weight is 370 g/mol. The number of nitrogens with zero attached hydrogens (tertiary/aromatic N) is 1. The van der Waals surface area contributed by atoms with Crippen molar-refractivity contribution in [3.05, 3.63) is 66.4 Å². The van der Waals surface area contributed by atoms with Crippen LogP contribution in [0.3, 0.4) is 0 Å². The number of carbonyl (C=O) groups excluding carboxylic acids is 1. The number of fused-ring (bicyclic) bond motifs is 1. The second-order valence-corrected chi connectivity index (χ2v) is 8.19. The standard InChI is InChI=1S/C20H22N2O3S/c1-2-12-21-20(23)14-22-13-19(17-10-6-7-11-18(17)22)26(24,25)15-16-8-4-3-5-9-16/h3-11,13H,2,12,14-15H2,1H3,(H,21,23). The van der Waals surface area contributed by atoms with E-state index < -0.39 is 9.84 Å². The Morgan fingerprint density at radius 1 is 1.04 bits per heavy atom. The van der Waals surface area contributed by atoms with Crippen molar-refractivity contribution in [2.24, 2.45) is 0 Å². The molecular formula is C20H22N2O3S. The normalized spacial score (nSPS) is 11.6. The van der Waals surface area contributed by atoms with Crippen LogP contribution in [0.15, 0.2) is 65.7 Å². The molecule has 5 nitrogen and oxygen atoms in total. The average Bonchev–Trinajstić information content (AvgIpc) is 3.00. The van der Waals surface area contributed by atoms with Crippen LogP contribution in [-0.2, 0) is 26.9 Å². The van der Waals surface area contributed by atoms with E-state index in [0.717, 1.165) is 17.5 Å². The van der Waals surface area contributed by atoms with Gasteiger partial charge < -0.3 is 9.88 Å². The topological polar surface area (TPSA) is 68.2 Å². The maximum atomic E-state index is 13.0. The Morgan fingerprint density at radius 3 is 2.46 bits per heavy atom. The molecule has 0 aliphatic carbocycles. The Balaban J connectivity index is 1.97. The van der Waals surface area contributed by atoms with Crippen molar-refractivity contribution in [1.29, 1.82) is 0 Å². The minimum absolute atomic E-state index is 0.0656. The summed E-state index contributed by atoms with van der Waals surface area (Å²) >= 11 is 0. The molecule has 0 aliphatic rings. The number of amides is 1. The van der Waals surface area contributed by atoms with Gasteiger partial charge >= 0.3 is 0 Å². The fourth-order valence-electron chi connectivity index (χ4n) is 2.94. The van der Waals surface area contributed by atoms with E-state index in [1.165, 1.54) is 0 Å². The van der Waals surface area contributed by atoms with E-state index in [1.54, 1.807) is 29.0 Å². The number of aromatic nitrogens is 1. The Labute approximate surface area is 153 Å². The van der Waals surface area contributed by atoms with Gasteiger partial charge in [0.1, 0.15) is 6.54 Å². The smallest absolute Gasteiger partial charge is 0.239 e. The lowest BCUT2D eigenvalue weighted by atomic mass is 10.2.